The zero-order valence-corrected chi connectivity index (χ0v) is 19.1. The molecular weight excluding hydrogens is 416 g/mol. The number of thiophene rings is 1. The summed E-state index contributed by atoms with van der Waals surface area (Å²) in [7, 11) is 0. The number of carbonyl (C=O) groups is 1. The first-order chi connectivity index (χ1) is 15.6. The molecular formula is C27H28N2O2S. The number of anilines is 1. The Balaban J connectivity index is 1.37. The summed E-state index contributed by atoms with van der Waals surface area (Å²) in [5.41, 5.74) is 4.33. The number of aliphatic hydroxyl groups is 1. The lowest BCUT2D eigenvalue weighted by molar-refractivity contribution is -0.121. The van der Waals surface area contributed by atoms with Crippen molar-refractivity contribution >= 4 is 22.9 Å². The lowest BCUT2D eigenvalue weighted by atomic mass is 9.96. The molecule has 32 heavy (non-hydrogen) atoms. The first kappa shape index (κ1) is 22.3. The van der Waals surface area contributed by atoms with Gasteiger partial charge in [0.05, 0.1) is 10.8 Å². The zero-order chi connectivity index (χ0) is 22.3. The Morgan fingerprint density at radius 2 is 1.97 bits per heavy atom. The molecule has 0 unspecified atom stereocenters. The average molecular weight is 445 g/mol. The largest absolute Gasteiger partial charge is 0.384 e. The number of amides is 1. The lowest BCUT2D eigenvalue weighted by Gasteiger charge is -2.31. The topological polar surface area (TPSA) is 52.6 Å². The van der Waals surface area contributed by atoms with Crippen LogP contribution in [0.25, 0.3) is 11.1 Å². The van der Waals surface area contributed by atoms with Crippen molar-refractivity contribution in [2.45, 2.75) is 26.3 Å². The van der Waals surface area contributed by atoms with E-state index in [9.17, 15) is 4.79 Å². The van der Waals surface area contributed by atoms with Crippen molar-refractivity contribution in [3.63, 3.8) is 0 Å². The quantitative estimate of drug-likeness (QED) is 0.550. The number of benzene rings is 2. The molecule has 0 bridgehead atoms. The van der Waals surface area contributed by atoms with Crippen molar-refractivity contribution in [3.05, 3.63) is 76.0 Å². The van der Waals surface area contributed by atoms with Gasteiger partial charge in [-0.1, -0.05) is 53.8 Å². The Kier molecular flexibility index (Phi) is 7.39. The normalized spacial score (nSPS) is 16.2. The van der Waals surface area contributed by atoms with Crippen LogP contribution in [0.5, 0.6) is 0 Å². The summed E-state index contributed by atoms with van der Waals surface area (Å²) in [6, 6.07) is 20.6. The highest BCUT2D eigenvalue weighted by Gasteiger charge is 2.26. The zero-order valence-electron chi connectivity index (χ0n) is 18.3. The molecule has 5 heteroatoms. The number of aliphatic hydroxyl groups excluding tert-OH is 1. The van der Waals surface area contributed by atoms with Crippen LogP contribution in [-0.4, -0.2) is 35.6 Å². The van der Waals surface area contributed by atoms with Gasteiger partial charge in [-0.15, -0.1) is 11.3 Å². The molecule has 1 amide bonds. The number of nitrogens with zero attached hydrogens (tertiary/aromatic N) is 1. The van der Waals surface area contributed by atoms with Crippen LogP contribution < -0.4 is 5.32 Å². The van der Waals surface area contributed by atoms with E-state index in [1.54, 1.807) is 11.3 Å². The van der Waals surface area contributed by atoms with E-state index in [-0.39, 0.29) is 18.4 Å². The summed E-state index contributed by atoms with van der Waals surface area (Å²) in [5, 5.41) is 12.0. The molecule has 164 valence electrons. The monoisotopic (exact) mass is 444 g/mol. The number of carbonyl (C=O) groups excluding carboxylic acids is 1. The van der Waals surface area contributed by atoms with E-state index in [0.29, 0.717) is 0 Å². The fraction of sp³-hybridized carbons (Fsp3) is 0.296. The molecule has 0 saturated carbocycles. The highest BCUT2D eigenvalue weighted by Crippen LogP contribution is 2.26. The first-order valence-electron chi connectivity index (χ1n) is 11.0. The van der Waals surface area contributed by atoms with Gasteiger partial charge in [-0.25, -0.2) is 0 Å². The minimum Gasteiger partial charge on any atom is -0.384 e. The summed E-state index contributed by atoms with van der Waals surface area (Å²) in [6.07, 6.45) is 1.93. The third-order valence-corrected chi connectivity index (χ3v) is 6.67. The van der Waals surface area contributed by atoms with Crippen molar-refractivity contribution in [2.75, 3.05) is 25.0 Å². The number of piperidine rings is 1. The van der Waals surface area contributed by atoms with Gasteiger partial charge in [0.25, 0.3) is 0 Å². The van der Waals surface area contributed by atoms with Crippen molar-refractivity contribution in [1.29, 1.82) is 0 Å². The molecule has 1 aliphatic heterocycles. The minimum absolute atomic E-state index is 0.0139. The number of hydrogen-bond acceptors (Lipinski definition) is 4. The molecule has 4 nitrogen and oxygen atoms in total. The maximum atomic E-state index is 13.0. The van der Waals surface area contributed by atoms with Crippen LogP contribution in [0, 0.1) is 24.7 Å². The van der Waals surface area contributed by atoms with E-state index in [1.807, 2.05) is 24.3 Å². The second kappa shape index (κ2) is 10.6. The summed E-state index contributed by atoms with van der Waals surface area (Å²) >= 11 is 1.65. The third kappa shape index (κ3) is 5.86. The van der Waals surface area contributed by atoms with Crippen LogP contribution in [-0.2, 0) is 11.3 Å². The van der Waals surface area contributed by atoms with E-state index >= 15 is 0 Å². The molecule has 1 atom stereocenters. The van der Waals surface area contributed by atoms with Crippen LogP contribution in [0.3, 0.4) is 0 Å². The van der Waals surface area contributed by atoms with Gasteiger partial charge in [-0.05, 0) is 61.7 Å². The second-order valence-electron chi connectivity index (χ2n) is 8.24. The lowest BCUT2D eigenvalue weighted by Crippen LogP contribution is -2.40. The summed E-state index contributed by atoms with van der Waals surface area (Å²) in [4.78, 5) is 17.6. The Labute approximate surface area is 193 Å². The Morgan fingerprint density at radius 3 is 2.78 bits per heavy atom. The molecule has 0 aliphatic carbocycles. The van der Waals surface area contributed by atoms with Gasteiger partial charge in [-0.3, -0.25) is 9.69 Å². The number of nitrogens with one attached hydrogen (secondary N) is 1. The molecule has 1 saturated heterocycles. The molecule has 4 rings (SSSR count). The third-order valence-electron chi connectivity index (χ3n) is 5.69. The molecule has 2 N–H and O–H groups in total. The fourth-order valence-electron chi connectivity index (χ4n) is 4.14. The van der Waals surface area contributed by atoms with Crippen LogP contribution in [0.1, 0.15) is 28.2 Å². The first-order valence-corrected chi connectivity index (χ1v) is 11.8. The fourth-order valence-corrected chi connectivity index (χ4v) is 5.06. The van der Waals surface area contributed by atoms with Crippen LogP contribution in [0.2, 0.25) is 0 Å². The molecule has 1 fully saturated rings. The van der Waals surface area contributed by atoms with E-state index < -0.39 is 0 Å². The SMILES string of the molecule is Cc1cccc(-c2cccc(NC(=O)[C@@H]3CCCN(Cc4ccc(C#CCO)s4)C3)c2)c1. The Hall–Kier alpha value is -2.91. The number of likely N-dealkylation sites (tertiary alicyclic amines) is 1. The second-order valence-corrected chi connectivity index (χ2v) is 9.41. The van der Waals surface area contributed by atoms with E-state index in [2.05, 4.69) is 65.4 Å². The van der Waals surface area contributed by atoms with Gasteiger partial charge >= 0.3 is 0 Å². The molecule has 0 radical (unpaired) electrons. The van der Waals surface area contributed by atoms with Gasteiger partial charge < -0.3 is 10.4 Å². The molecule has 1 aliphatic rings. The van der Waals surface area contributed by atoms with Crippen LogP contribution in [0.4, 0.5) is 5.69 Å². The number of aryl methyl sites for hydroxylation is 1. The smallest absolute Gasteiger partial charge is 0.228 e. The maximum absolute atomic E-state index is 13.0. The highest BCUT2D eigenvalue weighted by molar-refractivity contribution is 7.12. The van der Waals surface area contributed by atoms with E-state index in [0.717, 1.165) is 54.2 Å². The van der Waals surface area contributed by atoms with Crippen molar-refractivity contribution < 1.29 is 9.90 Å². The van der Waals surface area contributed by atoms with Crippen LogP contribution in [0.15, 0.2) is 60.7 Å². The van der Waals surface area contributed by atoms with Gasteiger partial charge in [0.2, 0.25) is 5.91 Å². The Morgan fingerprint density at radius 1 is 1.16 bits per heavy atom. The molecule has 3 aromatic rings. The standard InChI is InChI=1S/C27H28N2O2S/c1-20-6-2-7-21(16-20)22-8-3-10-24(17-22)28-27(31)23-9-4-14-29(18-23)19-26-13-12-25(32-26)11-5-15-30/h2-3,6-8,10,12-13,16-17,23,30H,4,9,14-15,18-19H2,1H3,(H,28,31)/t23-/m1/s1. The molecule has 1 aromatic heterocycles. The average Bonchev–Trinajstić information content (AvgIpc) is 3.25. The van der Waals surface area contributed by atoms with Gasteiger partial charge in [0.15, 0.2) is 0 Å². The van der Waals surface area contributed by atoms with Crippen molar-refractivity contribution in [3.8, 4) is 23.0 Å². The van der Waals surface area contributed by atoms with Gasteiger partial charge in [-0.2, -0.15) is 0 Å². The molecule has 0 spiro atoms. The maximum Gasteiger partial charge on any atom is 0.228 e. The van der Waals surface area contributed by atoms with Gasteiger partial charge in [0, 0.05) is 23.7 Å². The van der Waals surface area contributed by atoms with E-state index in [1.165, 1.54) is 10.4 Å². The van der Waals surface area contributed by atoms with E-state index in [4.69, 9.17) is 5.11 Å². The summed E-state index contributed by atoms with van der Waals surface area (Å²) in [6.45, 7) is 4.56. The molecule has 2 heterocycles. The Bertz CT molecular complexity index is 1140. The minimum atomic E-state index is -0.121. The highest BCUT2D eigenvalue weighted by atomic mass is 32.1. The van der Waals surface area contributed by atoms with Crippen LogP contribution >= 0.6 is 11.3 Å². The number of hydrogen-bond donors (Lipinski definition) is 2. The molecule has 2 aromatic carbocycles. The van der Waals surface area contributed by atoms with Crippen molar-refractivity contribution in [1.82, 2.24) is 4.90 Å². The predicted molar refractivity (Wildman–Crippen MR) is 132 cm³/mol. The number of rotatable bonds is 5. The predicted octanol–water partition coefficient (Wildman–Crippen LogP) is 4.92. The van der Waals surface area contributed by atoms with Crippen molar-refractivity contribution in [2.24, 2.45) is 5.92 Å². The summed E-state index contributed by atoms with van der Waals surface area (Å²) in [5.74, 6) is 5.73. The van der Waals surface area contributed by atoms with Gasteiger partial charge in [0.1, 0.15) is 6.61 Å². The summed E-state index contributed by atoms with van der Waals surface area (Å²) < 4.78 is 0.